The third-order valence-corrected chi connectivity index (χ3v) is 3.80. The van der Waals surface area contributed by atoms with Crippen molar-refractivity contribution in [3.05, 3.63) is 83.6 Å². The molecule has 3 aromatic rings. The number of halogens is 2. The number of pyridine rings is 1. The summed E-state index contributed by atoms with van der Waals surface area (Å²) < 4.78 is 26.7. The number of carbonyl (C=O) groups excluding carboxylic acids is 1. The maximum Gasteiger partial charge on any atom is 0.153 e. The molecule has 0 saturated carbocycles. The molecule has 0 aliphatic heterocycles. The van der Waals surface area contributed by atoms with Gasteiger partial charge in [0, 0.05) is 12.6 Å². The Morgan fingerprint density at radius 1 is 1.04 bits per heavy atom. The molecule has 0 aliphatic rings. The van der Waals surface area contributed by atoms with E-state index >= 15 is 0 Å². The number of nitrogens with zero attached hydrogens (tertiary/aromatic N) is 1. The molecule has 0 radical (unpaired) electrons. The number of aldehydes is 1. The van der Waals surface area contributed by atoms with E-state index in [4.69, 9.17) is 0 Å². The van der Waals surface area contributed by atoms with Crippen LogP contribution in [0.1, 0.15) is 15.9 Å². The number of rotatable bonds is 7. The van der Waals surface area contributed by atoms with Crippen LogP contribution in [0, 0.1) is 11.6 Å². The first-order chi connectivity index (χ1) is 12.7. The molecule has 0 fully saturated rings. The third-order valence-electron chi connectivity index (χ3n) is 3.80. The summed E-state index contributed by atoms with van der Waals surface area (Å²) >= 11 is 0. The molecule has 3 rings (SSSR count). The topological polar surface area (TPSA) is 54.0 Å². The van der Waals surface area contributed by atoms with Crippen molar-refractivity contribution >= 4 is 23.5 Å². The van der Waals surface area contributed by atoms with E-state index in [-0.39, 0.29) is 5.69 Å². The molecule has 0 aliphatic carbocycles. The fourth-order valence-corrected chi connectivity index (χ4v) is 2.50. The highest BCUT2D eigenvalue weighted by atomic mass is 19.1. The maximum atomic E-state index is 13.7. The van der Waals surface area contributed by atoms with Gasteiger partial charge in [0.2, 0.25) is 0 Å². The number of nitrogens with one attached hydrogen (secondary N) is 2. The Hall–Kier alpha value is -3.28. The molecule has 0 amide bonds. The van der Waals surface area contributed by atoms with Crippen LogP contribution < -0.4 is 10.6 Å². The monoisotopic (exact) mass is 353 g/mol. The summed E-state index contributed by atoms with van der Waals surface area (Å²) in [4.78, 5) is 15.6. The summed E-state index contributed by atoms with van der Waals surface area (Å²) in [6.45, 7) is 0.622. The highest BCUT2D eigenvalue weighted by Gasteiger charge is 2.08. The van der Waals surface area contributed by atoms with Gasteiger partial charge in [-0.15, -0.1) is 0 Å². The maximum absolute atomic E-state index is 13.7. The largest absolute Gasteiger partial charge is 0.369 e. The molecule has 132 valence electrons. The molecule has 6 heteroatoms. The van der Waals surface area contributed by atoms with E-state index in [0.717, 1.165) is 18.6 Å². The fourth-order valence-electron chi connectivity index (χ4n) is 2.50. The number of benzene rings is 2. The summed E-state index contributed by atoms with van der Waals surface area (Å²) in [6.07, 6.45) is 2.96. The Labute approximate surface area is 149 Å². The Bertz CT molecular complexity index is 901. The normalized spacial score (nSPS) is 10.4. The van der Waals surface area contributed by atoms with E-state index < -0.39 is 11.6 Å². The first-order valence-electron chi connectivity index (χ1n) is 8.11. The van der Waals surface area contributed by atoms with Crippen LogP contribution in [0.25, 0.3) is 0 Å². The molecular formula is C20H17F2N3O. The van der Waals surface area contributed by atoms with Crippen LogP contribution in [-0.2, 0) is 6.42 Å². The van der Waals surface area contributed by atoms with Crippen molar-refractivity contribution < 1.29 is 13.6 Å². The van der Waals surface area contributed by atoms with Crippen LogP contribution in [0.4, 0.5) is 26.0 Å². The minimum Gasteiger partial charge on any atom is -0.369 e. The molecule has 0 spiro atoms. The van der Waals surface area contributed by atoms with Crippen LogP contribution >= 0.6 is 0 Å². The lowest BCUT2D eigenvalue weighted by molar-refractivity contribution is 0.112. The van der Waals surface area contributed by atoms with Gasteiger partial charge in [0.25, 0.3) is 0 Å². The highest BCUT2D eigenvalue weighted by Crippen LogP contribution is 2.22. The van der Waals surface area contributed by atoms with Crippen molar-refractivity contribution in [1.82, 2.24) is 4.98 Å². The number of anilines is 3. The number of hydrogen-bond acceptors (Lipinski definition) is 4. The van der Waals surface area contributed by atoms with E-state index in [2.05, 4.69) is 15.6 Å². The van der Waals surface area contributed by atoms with E-state index in [1.807, 2.05) is 30.3 Å². The molecular weight excluding hydrogens is 336 g/mol. The quantitative estimate of drug-likeness (QED) is 0.611. The van der Waals surface area contributed by atoms with Gasteiger partial charge in [-0.25, -0.2) is 13.8 Å². The predicted octanol–water partition coefficient (Wildman–Crippen LogP) is 4.57. The van der Waals surface area contributed by atoms with Crippen LogP contribution in [0.3, 0.4) is 0 Å². The molecule has 1 heterocycles. The van der Waals surface area contributed by atoms with E-state index in [9.17, 15) is 13.6 Å². The molecule has 0 saturated heterocycles. The lowest BCUT2D eigenvalue weighted by atomic mass is 10.1. The fraction of sp³-hybridized carbons (Fsp3) is 0.100. The van der Waals surface area contributed by atoms with Crippen molar-refractivity contribution in [3.63, 3.8) is 0 Å². The van der Waals surface area contributed by atoms with Gasteiger partial charge in [0.1, 0.15) is 17.5 Å². The van der Waals surface area contributed by atoms with Gasteiger partial charge < -0.3 is 10.6 Å². The van der Waals surface area contributed by atoms with Crippen LogP contribution in [0.15, 0.2) is 60.8 Å². The van der Waals surface area contributed by atoms with E-state index in [0.29, 0.717) is 29.9 Å². The zero-order valence-corrected chi connectivity index (χ0v) is 13.9. The van der Waals surface area contributed by atoms with Gasteiger partial charge in [-0.1, -0.05) is 30.3 Å². The van der Waals surface area contributed by atoms with Crippen molar-refractivity contribution in [3.8, 4) is 0 Å². The van der Waals surface area contributed by atoms with Crippen LogP contribution in [-0.4, -0.2) is 17.8 Å². The van der Waals surface area contributed by atoms with Crippen molar-refractivity contribution in [2.45, 2.75) is 6.42 Å². The minimum absolute atomic E-state index is 0.106. The second-order valence-electron chi connectivity index (χ2n) is 5.69. The molecule has 4 nitrogen and oxygen atoms in total. The summed E-state index contributed by atoms with van der Waals surface area (Å²) in [5.74, 6) is -0.915. The van der Waals surface area contributed by atoms with Gasteiger partial charge in [0.15, 0.2) is 6.29 Å². The van der Waals surface area contributed by atoms with E-state index in [1.54, 1.807) is 6.07 Å². The summed E-state index contributed by atoms with van der Waals surface area (Å²) in [7, 11) is 0. The molecule has 0 atom stereocenters. The Morgan fingerprint density at radius 3 is 2.58 bits per heavy atom. The lowest BCUT2D eigenvalue weighted by Crippen LogP contribution is -2.09. The van der Waals surface area contributed by atoms with Crippen molar-refractivity contribution in [1.29, 1.82) is 0 Å². The predicted molar refractivity (Wildman–Crippen MR) is 97.9 cm³/mol. The minimum atomic E-state index is -0.720. The third kappa shape index (κ3) is 4.42. The van der Waals surface area contributed by atoms with Gasteiger partial charge in [-0.2, -0.15) is 0 Å². The van der Waals surface area contributed by atoms with Crippen LogP contribution in [0.2, 0.25) is 0 Å². The average Bonchev–Trinajstić information content (AvgIpc) is 2.66. The standard InChI is InChI=1S/C20H17F2N3O/c21-16-6-7-19(18(22)11-16)25-17-10-15(13-26)20(24-12-17)23-9-8-14-4-2-1-3-5-14/h1-7,10-13,25H,8-9H2,(H,23,24). The smallest absolute Gasteiger partial charge is 0.153 e. The SMILES string of the molecule is O=Cc1cc(Nc2ccc(F)cc2F)cnc1NCCc1ccccc1. The average molecular weight is 353 g/mol. The van der Waals surface area contributed by atoms with Gasteiger partial charge in [-0.05, 0) is 30.2 Å². The highest BCUT2D eigenvalue weighted by molar-refractivity contribution is 5.84. The Kier molecular flexibility index (Phi) is 5.53. The van der Waals surface area contributed by atoms with Crippen molar-refractivity contribution in [2.24, 2.45) is 0 Å². The molecule has 0 bridgehead atoms. The van der Waals surface area contributed by atoms with Gasteiger partial charge in [-0.3, -0.25) is 4.79 Å². The number of carbonyl (C=O) groups is 1. The van der Waals surface area contributed by atoms with Gasteiger partial charge in [0.05, 0.1) is 23.1 Å². The molecule has 0 unspecified atom stereocenters. The number of hydrogen-bond donors (Lipinski definition) is 2. The Balaban J connectivity index is 1.68. The molecule has 26 heavy (non-hydrogen) atoms. The Morgan fingerprint density at radius 2 is 1.85 bits per heavy atom. The second kappa shape index (κ2) is 8.20. The van der Waals surface area contributed by atoms with Gasteiger partial charge >= 0.3 is 0 Å². The van der Waals surface area contributed by atoms with E-state index in [1.165, 1.54) is 17.8 Å². The first kappa shape index (κ1) is 17.5. The number of aromatic nitrogens is 1. The summed E-state index contributed by atoms with van der Waals surface area (Å²) in [5, 5.41) is 5.92. The summed E-state index contributed by atoms with van der Waals surface area (Å²) in [6, 6.07) is 14.7. The molecule has 2 aromatic carbocycles. The zero-order valence-electron chi connectivity index (χ0n) is 13.9. The van der Waals surface area contributed by atoms with Crippen LogP contribution in [0.5, 0.6) is 0 Å². The second-order valence-corrected chi connectivity index (χ2v) is 5.69. The summed E-state index contributed by atoms with van der Waals surface area (Å²) in [5.41, 5.74) is 2.07. The zero-order chi connectivity index (χ0) is 18.4. The molecule has 1 aromatic heterocycles. The first-order valence-corrected chi connectivity index (χ1v) is 8.11. The molecule has 2 N–H and O–H groups in total. The lowest BCUT2D eigenvalue weighted by Gasteiger charge is -2.11. The van der Waals surface area contributed by atoms with Crippen molar-refractivity contribution in [2.75, 3.05) is 17.2 Å².